The Morgan fingerprint density at radius 2 is 2.19 bits per heavy atom. The van der Waals surface area contributed by atoms with E-state index in [0.29, 0.717) is 25.6 Å². The van der Waals surface area contributed by atoms with Crippen molar-refractivity contribution in [2.24, 2.45) is 16.6 Å². The van der Waals surface area contributed by atoms with Crippen molar-refractivity contribution in [3.8, 4) is 0 Å². The summed E-state index contributed by atoms with van der Waals surface area (Å²) in [7, 11) is 0. The number of ether oxygens (including phenoxy) is 1. The van der Waals surface area contributed by atoms with Gasteiger partial charge in [-0.2, -0.15) is 0 Å². The van der Waals surface area contributed by atoms with Crippen molar-refractivity contribution in [2.45, 2.75) is 38.4 Å². The van der Waals surface area contributed by atoms with E-state index in [1.807, 2.05) is 6.20 Å². The number of nitrogens with one attached hydrogen (secondary N) is 1. The Balaban J connectivity index is 1.32. The van der Waals surface area contributed by atoms with E-state index in [1.54, 1.807) is 12.5 Å². The van der Waals surface area contributed by atoms with Crippen LogP contribution in [0.25, 0.3) is 0 Å². The monoisotopic (exact) mass is 420 g/mol. The molecule has 1 aromatic rings. The molecular weight excluding hydrogens is 396 g/mol. The topological polar surface area (TPSA) is 135 Å². The van der Waals surface area contributed by atoms with Gasteiger partial charge >= 0.3 is 0 Å². The quantitative estimate of drug-likeness (QED) is 0.634. The lowest BCUT2D eigenvalue weighted by atomic mass is 10.0. The predicted octanol–water partition coefficient (Wildman–Crippen LogP) is 0.313. The van der Waals surface area contributed by atoms with Crippen LogP contribution in [0.3, 0.4) is 0 Å². The zero-order valence-corrected chi connectivity index (χ0v) is 17.0. The summed E-state index contributed by atoms with van der Waals surface area (Å²) in [4.78, 5) is 29.8. The van der Waals surface area contributed by atoms with Gasteiger partial charge in [-0.3, -0.25) is 4.79 Å². The molecule has 6 rings (SSSR count). The van der Waals surface area contributed by atoms with Crippen LogP contribution in [-0.2, 0) is 22.6 Å². The fourth-order valence-corrected chi connectivity index (χ4v) is 4.78. The molecule has 10 nitrogen and oxygen atoms in total. The fraction of sp³-hybridized carbons (Fsp3) is 0.429. The highest BCUT2D eigenvalue weighted by Gasteiger charge is 2.40. The molecule has 4 aliphatic heterocycles. The first-order valence-electron chi connectivity index (χ1n) is 10.6. The molecule has 5 heterocycles. The van der Waals surface area contributed by atoms with Crippen LogP contribution in [0.1, 0.15) is 30.5 Å². The van der Waals surface area contributed by atoms with Gasteiger partial charge in [0, 0.05) is 36.6 Å². The van der Waals surface area contributed by atoms with Crippen LogP contribution in [0.2, 0.25) is 0 Å². The number of anilines is 1. The molecule has 1 aromatic heterocycles. The number of primary amides is 1. The highest BCUT2D eigenvalue weighted by molar-refractivity contribution is 5.87. The summed E-state index contributed by atoms with van der Waals surface area (Å²) in [5, 5.41) is 3.35. The zero-order chi connectivity index (χ0) is 21.1. The minimum absolute atomic E-state index is 0.287. The Hall–Kier alpha value is -3.56. The van der Waals surface area contributed by atoms with E-state index in [2.05, 4.69) is 25.1 Å². The van der Waals surface area contributed by atoms with Gasteiger partial charge in [-0.25, -0.2) is 15.0 Å². The molecule has 0 spiro atoms. The number of carbonyl (C=O) groups excluding carboxylic acids is 1. The van der Waals surface area contributed by atoms with Gasteiger partial charge in [-0.1, -0.05) is 0 Å². The van der Waals surface area contributed by atoms with Crippen LogP contribution >= 0.6 is 0 Å². The molecular formula is C21H24N8O2. The van der Waals surface area contributed by atoms with Crippen molar-refractivity contribution >= 4 is 17.8 Å². The highest BCUT2D eigenvalue weighted by atomic mass is 16.5. The number of aliphatic imine (C=N–C) groups is 1. The maximum atomic E-state index is 12.0. The summed E-state index contributed by atoms with van der Waals surface area (Å²) in [6, 6.07) is -0.393. The molecule has 1 saturated carbocycles. The van der Waals surface area contributed by atoms with E-state index in [1.165, 1.54) is 5.57 Å². The molecule has 1 amide bonds. The highest BCUT2D eigenvalue weighted by Crippen LogP contribution is 2.40. The number of hydrogen-bond acceptors (Lipinski definition) is 9. The van der Waals surface area contributed by atoms with Crippen LogP contribution in [0.5, 0.6) is 0 Å². The lowest BCUT2D eigenvalue weighted by molar-refractivity contribution is -0.120. The lowest BCUT2D eigenvalue weighted by Gasteiger charge is -2.34. The van der Waals surface area contributed by atoms with E-state index in [4.69, 9.17) is 21.2 Å². The van der Waals surface area contributed by atoms with Crippen LogP contribution in [0.15, 0.2) is 46.2 Å². The average Bonchev–Trinajstić information content (AvgIpc) is 3.40. The van der Waals surface area contributed by atoms with Gasteiger partial charge in [0.05, 0.1) is 23.6 Å². The summed E-state index contributed by atoms with van der Waals surface area (Å²) in [6.07, 6.45) is 8.29. The normalized spacial score (nSPS) is 22.6. The number of nitrogens with zero attached hydrogens (tertiary/aromatic N) is 5. The first-order chi connectivity index (χ1) is 15.1. The van der Waals surface area contributed by atoms with Gasteiger partial charge in [0.25, 0.3) is 0 Å². The van der Waals surface area contributed by atoms with Crippen LogP contribution < -0.4 is 16.8 Å². The molecule has 1 aliphatic carbocycles. The van der Waals surface area contributed by atoms with Crippen molar-refractivity contribution in [1.29, 1.82) is 0 Å². The molecule has 0 radical (unpaired) electrons. The van der Waals surface area contributed by atoms with Gasteiger partial charge in [0.1, 0.15) is 18.9 Å². The number of hydrogen-bond donors (Lipinski definition) is 3. The molecule has 31 heavy (non-hydrogen) atoms. The molecule has 1 atom stereocenters. The van der Waals surface area contributed by atoms with Crippen LogP contribution in [-0.4, -0.2) is 50.8 Å². The van der Waals surface area contributed by atoms with Gasteiger partial charge in [0.15, 0.2) is 0 Å². The van der Waals surface area contributed by atoms with E-state index < -0.39 is 6.04 Å². The van der Waals surface area contributed by atoms with Crippen molar-refractivity contribution < 1.29 is 9.53 Å². The minimum atomic E-state index is -0.393. The molecule has 1 unspecified atom stereocenters. The molecule has 5 N–H and O–H groups in total. The summed E-state index contributed by atoms with van der Waals surface area (Å²) in [5.74, 6) is 1.14. The smallest absolute Gasteiger partial charge is 0.240 e. The second kappa shape index (κ2) is 6.73. The van der Waals surface area contributed by atoms with E-state index in [9.17, 15) is 4.79 Å². The first kappa shape index (κ1) is 18.2. The molecule has 160 valence electrons. The largest absolute Gasteiger partial charge is 0.495 e. The molecule has 10 heteroatoms. The number of carbonyl (C=O) groups is 1. The lowest BCUT2D eigenvalue weighted by Crippen LogP contribution is -2.45. The zero-order valence-electron chi connectivity index (χ0n) is 17.0. The molecule has 0 bridgehead atoms. The summed E-state index contributed by atoms with van der Waals surface area (Å²) < 4.78 is 5.84. The Labute approximate surface area is 179 Å². The summed E-state index contributed by atoms with van der Waals surface area (Å²) >= 11 is 0. The van der Waals surface area contributed by atoms with Crippen molar-refractivity contribution in [1.82, 2.24) is 25.1 Å². The number of nitrogen functional groups attached to an aromatic ring is 1. The third-order valence-corrected chi connectivity index (χ3v) is 6.47. The molecule has 5 aliphatic rings. The predicted molar refractivity (Wildman–Crippen MR) is 112 cm³/mol. The standard InChI is InChI=1S/C21H24N8O2/c22-19(30)17(11-1-2-11)26-16-10-31-9-12-3-4-29-18(12)14(16)6-25-21(29)28-7-13-5-24-20(23)27-15(13)8-28/h5-6,10-11,17,26H,1-4,7-9H2,(H2,22,30)(H2,23,24,27). The van der Waals surface area contributed by atoms with Gasteiger partial charge < -0.3 is 31.3 Å². The average molecular weight is 420 g/mol. The second-order valence-electron chi connectivity index (χ2n) is 8.59. The SMILES string of the molecule is NC(=O)C(NC1=COCC2=C3C1=CN=C(N1Cc4cnc(N)nc4C1)N3CC2)C1CC1. The third-order valence-electron chi connectivity index (χ3n) is 6.47. The number of fused-ring (bicyclic) bond motifs is 1. The number of rotatable bonds is 4. The van der Waals surface area contributed by atoms with E-state index in [0.717, 1.165) is 60.0 Å². The second-order valence-corrected chi connectivity index (χ2v) is 8.59. The Morgan fingerprint density at radius 1 is 1.32 bits per heavy atom. The number of amides is 1. The molecule has 0 aromatic carbocycles. The van der Waals surface area contributed by atoms with Crippen LogP contribution in [0, 0.1) is 5.92 Å². The fourth-order valence-electron chi connectivity index (χ4n) is 4.78. The van der Waals surface area contributed by atoms with Crippen molar-refractivity contribution in [2.75, 3.05) is 18.9 Å². The van der Waals surface area contributed by atoms with Crippen molar-refractivity contribution in [3.63, 3.8) is 0 Å². The Kier molecular flexibility index (Phi) is 3.95. The summed E-state index contributed by atoms with van der Waals surface area (Å²) in [5.41, 5.74) is 17.5. The van der Waals surface area contributed by atoms with Crippen LogP contribution in [0.4, 0.5) is 5.95 Å². The van der Waals surface area contributed by atoms with Gasteiger partial charge in [-0.05, 0) is 30.8 Å². The maximum Gasteiger partial charge on any atom is 0.240 e. The van der Waals surface area contributed by atoms with E-state index in [-0.39, 0.29) is 11.8 Å². The van der Waals surface area contributed by atoms with E-state index >= 15 is 0 Å². The first-order valence-corrected chi connectivity index (χ1v) is 10.6. The summed E-state index contributed by atoms with van der Waals surface area (Å²) in [6.45, 7) is 2.69. The Morgan fingerprint density at radius 3 is 3.00 bits per heavy atom. The number of aromatic nitrogens is 2. The number of guanidine groups is 1. The minimum Gasteiger partial charge on any atom is -0.495 e. The maximum absolute atomic E-state index is 12.0. The number of nitrogens with two attached hydrogens (primary N) is 2. The molecule has 0 saturated heterocycles. The van der Waals surface area contributed by atoms with Gasteiger partial charge in [-0.15, -0.1) is 0 Å². The third kappa shape index (κ3) is 3.01. The van der Waals surface area contributed by atoms with Crippen molar-refractivity contribution in [3.05, 3.63) is 52.5 Å². The van der Waals surface area contributed by atoms with Gasteiger partial charge in [0.2, 0.25) is 17.8 Å². The molecule has 1 fully saturated rings. The Bertz CT molecular complexity index is 1100.